The van der Waals surface area contributed by atoms with Gasteiger partial charge in [-0.05, 0) is 25.0 Å². The molecule has 0 aliphatic heterocycles. The highest BCUT2D eigenvalue weighted by molar-refractivity contribution is 7.18. The van der Waals surface area contributed by atoms with Crippen LogP contribution in [-0.4, -0.2) is 29.0 Å². The van der Waals surface area contributed by atoms with E-state index in [0.29, 0.717) is 12.6 Å². The van der Waals surface area contributed by atoms with Crippen molar-refractivity contribution in [2.45, 2.75) is 44.7 Å². The second-order valence-electron chi connectivity index (χ2n) is 5.72. The van der Waals surface area contributed by atoms with Crippen molar-refractivity contribution in [3.8, 4) is 0 Å². The van der Waals surface area contributed by atoms with E-state index in [-0.39, 0.29) is 6.03 Å². The number of thiazole rings is 1. The first-order chi connectivity index (χ1) is 10.2. The van der Waals surface area contributed by atoms with Crippen LogP contribution in [0.25, 0.3) is 10.2 Å². The number of urea groups is 1. The molecule has 5 heteroatoms. The Bertz CT molecular complexity index is 586. The molecule has 2 amide bonds. The Kier molecular flexibility index (Phi) is 4.39. The van der Waals surface area contributed by atoms with E-state index in [0.717, 1.165) is 23.4 Å². The molecule has 0 radical (unpaired) electrons. The van der Waals surface area contributed by atoms with Crippen LogP contribution in [0.15, 0.2) is 24.3 Å². The van der Waals surface area contributed by atoms with Gasteiger partial charge in [0.05, 0.1) is 16.8 Å². The second-order valence-corrected chi connectivity index (χ2v) is 6.83. The number of hydrogen-bond donors (Lipinski definition) is 1. The molecule has 0 bridgehead atoms. The molecule has 1 saturated carbocycles. The normalized spacial score (nSPS) is 16.0. The fourth-order valence-corrected chi connectivity index (χ4v) is 3.81. The van der Waals surface area contributed by atoms with Crippen molar-refractivity contribution in [3.05, 3.63) is 29.3 Å². The van der Waals surface area contributed by atoms with E-state index in [2.05, 4.69) is 16.4 Å². The zero-order valence-corrected chi connectivity index (χ0v) is 13.2. The molecule has 112 valence electrons. The lowest BCUT2D eigenvalue weighted by Gasteiger charge is -2.25. The first-order valence-corrected chi connectivity index (χ1v) is 8.40. The Morgan fingerprint density at radius 3 is 2.86 bits per heavy atom. The quantitative estimate of drug-likeness (QED) is 0.938. The van der Waals surface area contributed by atoms with Gasteiger partial charge in [-0.1, -0.05) is 31.4 Å². The molecule has 3 rings (SSSR count). The van der Waals surface area contributed by atoms with Crippen LogP contribution < -0.4 is 5.32 Å². The van der Waals surface area contributed by atoms with Gasteiger partial charge in [0.1, 0.15) is 5.01 Å². The first kappa shape index (κ1) is 14.3. The number of hydrogen-bond acceptors (Lipinski definition) is 3. The monoisotopic (exact) mass is 303 g/mol. The van der Waals surface area contributed by atoms with Gasteiger partial charge in [-0.25, -0.2) is 9.78 Å². The number of fused-ring (bicyclic) bond motifs is 1. The van der Waals surface area contributed by atoms with Crippen LogP contribution in [0.4, 0.5) is 4.79 Å². The molecular weight excluding hydrogens is 282 g/mol. The Hall–Kier alpha value is -1.62. The van der Waals surface area contributed by atoms with E-state index in [9.17, 15) is 4.79 Å². The predicted octanol–water partition coefficient (Wildman–Crippen LogP) is 3.77. The maximum Gasteiger partial charge on any atom is 0.317 e. The molecule has 1 fully saturated rings. The number of benzene rings is 1. The summed E-state index contributed by atoms with van der Waals surface area (Å²) in [5.74, 6) is 0. The zero-order chi connectivity index (χ0) is 14.7. The maximum atomic E-state index is 12.2. The molecule has 0 atom stereocenters. The summed E-state index contributed by atoms with van der Waals surface area (Å²) in [6.07, 6.45) is 5.98. The van der Waals surface area contributed by atoms with E-state index >= 15 is 0 Å². The van der Waals surface area contributed by atoms with Gasteiger partial charge in [0.25, 0.3) is 0 Å². The van der Waals surface area contributed by atoms with Gasteiger partial charge in [0.2, 0.25) is 0 Å². The molecule has 1 aliphatic carbocycles. The number of nitrogens with one attached hydrogen (secondary N) is 1. The van der Waals surface area contributed by atoms with Gasteiger partial charge < -0.3 is 10.2 Å². The van der Waals surface area contributed by atoms with E-state index in [1.54, 1.807) is 16.2 Å². The van der Waals surface area contributed by atoms with Crippen LogP contribution in [0.2, 0.25) is 0 Å². The summed E-state index contributed by atoms with van der Waals surface area (Å²) in [6, 6.07) is 8.45. The molecule has 0 saturated heterocycles. The Morgan fingerprint density at radius 1 is 1.33 bits per heavy atom. The summed E-state index contributed by atoms with van der Waals surface area (Å²) in [5.41, 5.74) is 1.01. The molecular formula is C16H21N3OS. The number of para-hydroxylation sites is 1. The van der Waals surface area contributed by atoms with Crippen LogP contribution in [0.5, 0.6) is 0 Å². The highest BCUT2D eigenvalue weighted by atomic mass is 32.1. The topological polar surface area (TPSA) is 45.2 Å². The lowest BCUT2D eigenvalue weighted by Crippen LogP contribution is -2.43. The molecule has 1 heterocycles. The minimum absolute atomic E-state index is 0.0150. The van der Waals surface area contributed by atoms with Crippen molar-refractivity contribution in [3.63, 3.8) is 0 Å². The first-order valence-electron chi connectivity index (χ1n) is 7.58. The van der Waals surface area contributed by atoms with Crippen molar-refractivity contribution >= 4 is 27.6 Å². The summed E-state index contributed by atoms with van der Waals surface area (Å²) < 4.78 is 1.17. The van der Waals surface area contributed by atoms with Crippen LogP contribution >= 0.6 is 11.3 Å². The molecule has 0 spiro atoms. The summed E-state index contributed by atoms with van der Waals surface area (Å²) in [4.78, 5) is 18.5. The maximum absolute atomic E-state index is 12.2. The van der Waals surface area contributed by atoms with E-state index in [1.165, 1.54) is 24.0 Å². The molecule has 4 nitrogen and oxygen atoms in total. The second kappa shape index (κ2) is 6.43. The van der Waals surface area contributed by atoms with Crippen LogP contribution in [-0.2, 0) is 6.54 Å². The number of carbonyl (C=O) groups is 1. The van der Waals surface area contributed by atoms with Crippen molar-refractivity contribution in [2.75, 3.05) is 7.05 Å². The number of rotatable bonds is 3. The average molecular weight is 303 g/mol. The molecule has 21 heavy (non-hydrogen) atoms. The SMILES string of the molecule is CN(Cc1nc2ccccc2s1)C(=O)NC1CCCCC1. The Labute approximate surface area is 129 Å². The van der Waals surface area contributed by atoms with E-state index in [1.807, 2.05) is 25.2 Å². The van der Waals surface area contributed by atoms with Gasteiger partial charge in [-0.2, -0.15) is 0 Å². The summed E-state index contributed by atoms with van der Waals surface area (Å²) >= 11 is 1.66. The van der Waals surface area contributed by atoms with Crippen LogP contribution in [0.3, 0.4) is 0 Å². The fourth-order valence-electron chi connectivity index (χ4n) is 2.79. The smallest absolute Gasteiger partial charge is 0.317 e. The minimum atomic E-state index is 0.0150. The summed E-state index contributed by atoms with van der Waals surface area (Å²) in [6.45, 7) is 0.567. The highest BCUT2D eigenvalue weighted by Gasteiger charge is 2.18. The van der Waals surface area contributed by atoms with Crippen molar-refractivity contribution in [1.82, 2.24) is 15.2 Å². The largest absolute Gasteiger partial charge is 0.335 e. The summed E-state index contributed by atoms with van der Waals surface area (Å²) in [7, 11) is 1.84. The van der Waals surface area contributed by atoms with Gasteiger partial charge in [0, 0.05) is 13.1 Å². The van der Waals surface area contributed by atoms with Crippen molar-refractivity contribution < 1.29 is 4.79 Å². The van der Waals surface area contributed by atoms with Crippen LogP contribution in [0.1, 0.15) is 37.1 Å². The van der Waals surface area contributed by atoms with Gasteiger partial charge >= 0.3 is 6.03 Å². The fraction of sp³-hybridized carbons (Fsp3) is 0.500. The third-order valence-electron chi connectivity index (χ3n) is 3.99. The third-order valence-corrected chi connectivity index (χ3v) is 5.01. The lowest BCUT2D eigenvalue weighted by atomic mass is 9.96. The van der Waals surface area contributed by atoms with Gasteiger partial charge in [-0.15, -0.1) is 11.3 Å². The number of nitrogens with zero attached hydrogens (tertiary/aromatic N) is 2. The lowest BCUT2D eigenvalue weighted by molar-refractivity contribution is 0.198. The van der Waals surface area contributed by atoms with Crippen LogP contribution in [0, 0.1) is 0 Å². The number of amides is 2. The minimum Gasteiger partial charge on any atom is -0.335 e. The Morgan fingerprint density at radius 2 is 2.10 bits per heavy atom. The van der Waals surface area contributed by atoms with Gasteiger partial charge in [-0.3, -0.25) is 0 Å². The summed E-state index contributed by atoms with van der Waals surface area (Å²) in [5, 5.41) is 4.12. The van der Waals surface area contributed by atoms with Crippen molar-refractivity contribution in [2.24, 2.45) is 0 Å². The third kappa shape index (κ3) is 3.53. The zero-order valence-electron chi connectivity index (χ0n) is 12.3. The molecule has 1 aromatic carbocycles. The Balaban J connectivity index is 1.59. The standard InChI is InChI=1S/C16H21N3OS/c1-19(16(20)17-12-7-3-2-4-8-12)11-15-18-13-9-5-6-10-14(13)21-15/h5-6,9-10,12H,2-4,7-8,11H2,1H3,(H,17,20). The molecule has 1 N–H and O–H groups in total. The number of carbonyl (C=O) groups excluding carboxylic acids is 1. The van der Waals surface area contributed by atoms with Crippen molar-refractivity contribution in [1.29, 1.82) is 0 Å². The van der Waals surface area contributed by atoms with E-state index < -0.39 is 0 Å². The number of aromatic nitrogens is 1. The molecule has 2 aromatic rings. The molecule has 0 unspecified atom stereocenters. The van der Waals surface area contributed by atoms with E-state index in [4.69, 9.17) is 0 Å². The molecule has 1 aliphatic rings. The molecule has 1 aromatic heterocycles. The predicted molar refractivity (Wildman–Crippen MR) is 86.5 cm³/mol. The van der Waals surface area contributed by atoms with Gasteiger partial charge in [0.15, 0.2) is 0 Å². The average Bonchev–Trinajstić information content (AvgIpc) is 2.90. The highest BCUT2D eigenvalue weighted by Crippen LogP contribution is 2.22.